The van der Waals surface area contributed by atoms with Gasteiger partial charge in [-0.2, -0.15) is 0 Å². The third-order valence-corrected chi connectivity index (χ3v) is 9.04. The molecule has 0 spiro atoms. The SMILES string of the molecule is O=C(O)C1(Cl)c2ccccc2N=C(c2ccccc2)C1(Cl)CN1CCC(N2CCCCC2)CC1. The van der Waals surface area contributed by atoms with E-state index in [2.05, 4.69) is 9.80 Å². The standard InChI is InChI=1S/C27H31Cl2N3O2/c28-26(19-31-17-13-21(14-18-31)32-15-7-2-8-16-32)24(20-9-3-1-4-10-20)30-23-12-6-5-11-22(23)27(26,29)25(33)34/h1,3-6,9-12,21H,2,7-8,13-19H2,(H,33,34). The van der Waals surface area contributed by atoms with Gasteiger partial charge in [0.2, 0.25) is 0 Å². The lowest BCUT2D eigenvalue weighted by Crippen LogP contribution is -2.62. The Kier molecular flexibility index (Phi) is 6.73. The van der Waals surface area contributed by atoms with E-state index in [-0.39, 0.29) is 0 Å². The molecule has 2 unspecified atom stereocenters. The van der Waals surface area contributed by atoms with Crippen LogP contribution in [0.4, 0.5) is 5.69 Å². The highest BCUT2D eigenvalue weighted by Gasteiger charge is 2.62. The highest BCUT2D eigenvalue weighted by atomic mass is 35.5. The van der Waals surface area contributed by atoms with Gasteiger partial charge in [-0.05, 0) is 63.5 Å². The van der Waals surface area contributed by atoms with E-state index in [0.717, 1.165) is 31.5 Å². The number of aliphatic carboxylic acids is 1. The molecule has 2 fully saturated rings. The lowest BCUT2D eigenvalue weighted by Gasteiger charge is -2.47. The molecular weight excluding hydrogens is 469 g/mol. The van der Waals surface area contributed by atoms with Crippen molar-refractivity contribution in [3.05, 3.63) is 65.7 Å². The van der Waals surface area contributed by atoms with Gasteiger partial charge in [-0.1, -0.05) is 66.6 Å². The smallest absolute Gasteiger partial charge is 0.331 e. The van der Waals surface area contributed by atoms with Gasteiger partial charge >= 0.3 is 5.97 Å². The second kappa shape index (κ2) is 9.62. The van der Waals surface area contributed by atoms with Crippen LogP contribution in [0.2, 0.25) is 0 Å². The predicted molar refractivity (Wildman–Crippen MR) is 138 cm³/mol. The van der Waals surface area contributed by atoms with E-state index in [9.17, 15) is 9.90 Å². The molecule has 34 heavy (non-hydrogen) atoms. The van der Waals surface area contributed by atoms with E-state index in [4.69, 9.17) is 28.2 Å². The van der Waals surface area contributed by atoms with Gasteiger partial charge in [-0.3, -0.25) is 4.99 Å². The zero-order valence-electron chi connectivity index (χ0n) is 19.3. The Morgan fingerprint density at radius 1 is 0.941 bits per heavy atom. The van der Waals surface area contributed by atoms with Crippen molar-refractivity contribution < 1.29 is 9.90 Å². The zero-order chi connectivity index (χ0) is 23.8. The van der Waals surface area contributed by atoms with Gasteiger partial charge in [0.1, 0.15) is 4.87 Å². The number of hydrogen-bond donors (Lipinski definition) is 1. The van der Waals surface area contributed by atoms with E-state index >= 15 is 0 Å². The fourth-order valence-electron chi connectivity index (χ4n) is 5.84. The average Bonchev–Trinajstić information content (AvgIpc) is 2.87. The molecule has 0 amide bonds. The predicted octanol–water partition coefficient (Wildman–Crippen LogP) is 5.27. The quantitative estimate of drug-likeness (QED) is 0.569. The first-order chi connectivity index (χ1) is 16.4. The maximum absolute atomic E-state index is 12.8. The van der Waals surface area contributed by atoms with Crippen molar-refractivity contribution in [2.45, 2.75) is 47.9 Å². The third-order valence-electron chi connectivity index (χ3n) is 7.68. The first-order valence-corrected chi connectivity index (χ1v) is 13.0. The molecule has 3 aliphatic rings. The van der Waals surface area contributed by atoms with Crippen molar-refractivity contribution in [3.8, 4) is 0 Å². The summed E-state index contributed by atoms with van der Waals surface area (Å²) >= 11 is 14.5. The van der Waals surface area contributed by atoms with Crippen LogP contribution >= 0.6 is 23.2 Å². The second-order valence-corrected chi connectivity index (χ2v) is 10.9. The number of likely N-dealkylation sites (tertiary alicyclic amines) is 2. The minimum absolute atomic E-state index is 0.319. The summed E-state index contributed by atoms with van der Waals surface area (Å²) in [5.74, 6) is -1.15. The summed E-state index contributed by atoms with van der Waals surface area (Å²) in [4.78, 5) is 19.4. The van der Waals surface area contributed by atoms with Crippen molar-refractivity contribution in [2.24, 2.45) is 4.99 Å². The van der Waals surface area contributed by atoms with E-state index in [1.165, 1.54) is 32.4 Å². The molecule has 1 N–H and O–H groups in total. The van der Waals surface area contributed by atoms with Crippen LogP contribution in [0, 0.1) is 0 Å². The maximum atomic E-state index is 12.8. The molecular formula is C27H31Cl2N3O2. The number of hydrogen-bond acceptors (Lipinski definition) is 4. The normalized spacial score (nSPS) is 28.8. The average molecular weight is 500 g/mol. The lowest BCUT2D eigenvalue weighted by atomic mass is 9.75. The highest BCUT2D eigenvalue weighted by molar-refractivity contribution is 6.51. The van der Waals surface area contributed by atoms with Crippen molar-refractivity contribution in [2.75, 3.05) is 32.7 Å². The molecule has 5 rings (SSSR count). The minimum atomic E-state index is -1.85. The van der Waals surface area contributed by atoms with Crippen LogP contribution in [0.3, 0.4) is 0 Å². The molecule has 2 aromatic rings. The molecule has 0 radical (unpaired) electrons. The molecule has 2 aromatic carbocycles. The van der Waals surface area contributed by atoms with E-state index in [1.54, 1.807) is 18.2 Å². The third kappa shape index (κ3) is 4.07. The number of fused-ring (bicyclic) bond motifs is 1. The maximum Gasteiger partial charge on any atom is 0.331 e. The lowest BCUT2D eigenvalue weighted by molar-refractivity contribution is -0.141. The van der Waals surface area contributed by atoms with Gasteiger partial charge in [0.05, 0.1) is 11.4 Å². The summed E-state index contributed by atoms with van der Waals surface area (Å²) in [6, 6.07) is 17.4. The number of piperidine rings is 2. The fraction of sp³-hybridized carbons (Fsp3) is 0.481. The molecule has 0 aliphatic carbocycles. The molecule has 0 saturated carbocycles. The molecule has 3 aliphatic heterocycles. The topological polar surface area (TPSA) is 56.1 Å². The van der Waals surface area contributed by atoms with Crippen LogP contribution in [-0.2, 0) is 9.67 Å². The van der Waals surface area contributed by atoms with E-state index < -0.39 is 15.7 Å². The van der Waals surface area contributed by atoms with Crippen molar-refractivity contribution in [1.29, 1.82) is 0 Å². The fourth-order valence-corrected chi connectivity index (χ4v) is 6.65. The number of carboxylic acids is 1. The summed E-state index contributed by atoms with van der Waals surface area (Å²) in [6.07, 6.45) is 6.02. The number of alkyl halides is 2. The molecule has 2 atom stereocenters. The van der Waals surface area contributed by atoms with E-state index in [0.29, 0.717) is 29.5 Å². The molecule has 5 nitrogen and oxygen atoms in total. The Balaban J connectivity index is 1.48. The van der Waals surface area contributed by atoms with Crippen LogP contribution in [0.1, 0.15) is 43.2 Å². The van der Waals surface area contributed by atoms with Gasteiger partial charge in [0.15, 0.2) is 4.87 Å². The number of benzene rings is 2. The number of carboxylic acid groups (broad SMARTS) is 1. The van der Waals surface area contributed by atoms with E-state index in [1.807, 2.05) is 36.4 Å². The summed E-state index contributed by atoms with van der Waals surface area (Å²) in [6.45, 7) is 4.43. The van der Waals surface area contributed by atoms with Crippen molar-refractivity contribution in [3.63, 3.8) is 0 Å². The van der Waals surface area contributed by atoms with Crippen LogP contribution in [-0.4, -0.2) is 70.2 Å². The highest BCUT2D eigenvalue weighted by Crippen LogP contribution is 2.53. The summed E-state index contributed by atoms with van der Waals surface area (Å²) in [5.41, 5.74) is 2.31. The van der Waals surface area contributed by atoms with Crippen LogP contribution in [0.5, 0.6) is 0 Å². The van der Waals surface area contributed by atoms with Gasteiger partial charge < -0.3 is 14.9 Å². The minimum Gasteiger partial charge on any atom is -0.480 e. The molecule has 0 bridgehead atoms. The summed E-state index contributed by atoms with van der Waals surface area (Å²) in [7, 11) is 0. The summed E-state index contributed by atoms with van der Waals surface area (Å²) in [5, 5.41) is 10.5. The number of halogens is 2. The first-order valence-electron chi connectivity index (χ1n) is 12.3. The molecule has 2 saturated heterocycles. The Morgan fingerprint density at radius 3 is 2.26 bits per heavy atom. The molecule has 7 heteroatoms. The van der Waals surface area contributed by atoms with Crippen LogP contribution in [0.25, 0.3) is 0 Å². The Bertz CT molecular complexity index is 1060. The van der Waals surface area contributed by atoms with Crippen LogP contribution in [0.15, 0.2) is 59.6 Å². The first kappa shape index (κ1) is 23.8. The number of nitrogens with zero attached hydrogens (tertiary/aromatic N) is 3. The molecule has 0 aromatic heterocycles. The largest absolute Gasteiger partial charge is 0.480 e. The summed E-state index contributed by atoms with van der Waals surface area (Å²) < 4.78 is 0. The Morgan fingerprint density at radius 2 is 1.59 bits per heavy atom. The Hall–Kier alpha value is -1.92. The van der Waals surface area contributed by atoms with Gasteiger partial charge in [0.25, 0.3) is 0 Å². The number of para-hydroxylation sites is 1. The number of carbonyl (C=O) groups is 1. The Labute approximate surface area is 211 Å². The van der Waals surface area contributed by atoms with Gasteiger partial charge in [0, 0.05) is 18.2 Å². The van der Waals surface area contributed by atoms with Gasteiger partial charge in [-0.25, -0.2) is 4.79 Å². The van der Waals surface area contributed by atoms with Crippen molar-refractivity contribution in [1.82, 2.24) is 9.80 Å². The van der Waals surface area contributed by atoms with Gasteiger partial charge in [-0.15, -0.1) is 11.6 Å². The molecule has 3 heterocycles. The zero-order valence-corrected chi connectivity index (χ0v) is 20.8. The number of aliphatic imine (C=N–C) groups is 1. The number of rotatable bonds is 5. The second-order valence-electron chi connectivity index (χ2n) is 9.71. The monoisotopic (exact) mass is 499 g/mol. The molecule has 180 valence electrons. The van der Waals surface area contributed by atoms with Crippen LogP contribution < -0.4 is 0 Å². The van der Waals surface area contributed by atoms with Crippen molar-refractivity contribution >= 4 is 40.6 Å².